The van der Waals surface area contributed by atoms with Crippen LogP contribution in [0.3, 0.4) is 0 Å². The Hall–Kier alpha value is -2.59. The van der Waals surface area contributed by atoms with Gasteiger partial charge >= 0.3 is 0 Å². The summed E-state index contributed by atoms with van der Waals surface area (Å²) in [4.78, 5) is 15.0. The molecule has 2 atom stereocenters. The molecule has 1 aromatic heterocycles. The first kappa shape index (κ1) is 16.9. The smallest absolute Gasteiger partial charge is 0.237 e. The average molecular weight is 348 g/mol. The fourth-order valence-electron chi connectivity index (χ4n) is 3.63. The zero-order valence-corrected chi connectivity index (χ0v) is 15.2. The predicted octanol–water partition coefficient (Wildman–Crippen LogP) is 4.06. The van der Waals surface area contributed by atoms with Crippen LogP contribution in [0.25, 0.3) is 11.0 Å². The Morgan fingerprint density at radius 2 is 1.81 bits per heavy atom. The van der Waals surface area contributed by atoms with E-state index >= 15 is 0 Å². The Kier molecular flexibility index (Phi) is 4.51. The van der Waals surface area contributed by atoms with Crippen LogP contribution in [0.15, 0.2) is 59.0 Å². The van der Waals surface area contributed by atoms with E-state index in [1.54, 1.807) is 0 Å². The molecule has 0 aliphatic carbocycles. The van der Waals surface area contributed by atoms with Crippen LogP contribution < -0.4 is 5.32 Å². The van der Waals surface area contributed by atoms with E-state index < -0.39 is 0 Å². The first-order chi connectivity index (χ1) is 12.6. The van der Waals surface area contributed by atoms with Gasteiger partial charge < -0.3 is 9.73 Å². The van der Waals surface area contributed by atoms with Gasteiger partial charge in [-0.15, -0.1) is 0 Å². The van der Waals surface area contributed by atoms with Crippen LogP contribution in [-0.4, -0.2) is 23.4 Å². The third kappa shape index (κ3) is 3.25. The van der Waals surface area contributed by atoms with Gasteiger partial charge in [0, 0.05) is 18.5 Å². The molecule has 0 unspecified atom stereocenters. The van der Waals surface area contributed by atoms with Gasteiger partial charge in [-0.1, -0.05) is 42.5 Å². The summed E-state index contributed by atoms with van der Waals surface area (Å²) in [6.07, 6.45) is 0.993. The van der Waals surface area contributed by atoms with Crippen LogP contribution in [0.5, 0.6) is 0 Å². The summed E-state index contributed by atoms with van der Waals surface area (Å²) < 4.78 is 5.87. The standard InChI is InChI=1S/C22H24N2O2/c1-15(21-13-18-8-5-6-10-20(18)26-21)23-22(25)16(2)24-12-11-17-7-3-4-9-19(17)14-24/h3-10,13,15-16H,11-12,14H2,1-2H3,(H,23,25)/t15-,16-/m1/s1. The molecule has 1 aliphatic rings. The van der Waals surface area contributed by atoms with Crippen LogP contribution in [0, 0.1) is 0 Å². The predicted molar refractivity (Wildman–Crippen MR) is 103 cm³/mol. The van der Waals surface area contributed by atoms with E-state index in [9.17, 15) is 4.79 Å². The number of nitrogens with zero attached hydrogens (tertiary/aromatic N) is 1. The van der Waals surface area contributed by atoms with Crippen molar-refractivity contribution in [1.29, 1.82) is 0 Å². The van der Waals surface area contributed by atoms with Crippen molar-refractivity contribution in [2.45, 2.75) is 38.9 Å². The molecule has 0 radical (unpaired) electrons. The number of hydrogen-bond donors (Lipinski definition) is 1. The van der Waals surface area contributed by atoms with Gasteiger partial charge in [0.05, 0.1) is 12.1 Å². The molecule has 0 saturated carbocycles. The topological polar surface area (TPSA) is 45.5 Å². The van der Waals surface area contributed by atoms with Gasteiger partial charge in [-0.05, 0) is 43.5 Å². The van der Waals surface area contributed by atoms with E-state index in [1.807, 2.05) is 44.2 Å². The first-order valence-corrected chi connectivity index (χ1v) is 9.21. The van der Waals surface area contributed by atoms with Gasteiger partial charge in [0.25, 0.3) is 0 Å². The molecule has 26 heavy (non-hydrogen) atoms. The van der Waals surface area contributed by atoms with Crippen LogP contribution in [0.4, 0.5) is 0 Å². The van der Waals surface area contributed by atoms with Crippen molar-refractivity contribution >= 4 is 16.9 Å². The highest BCUT2D eigenvalue weighted by Gasteiger charge is 2.26. The molecule has 0 fully saturated rings. The lowest BCUT2D eigenvalue weighted by Gasteiger charge is -2.33. The molecule has 0 bridgehead atoms. The van der Waals surface area contributed by atoms with E-state index in [0.29, 0.717) is 0 Å². The highest BCUT2D eigenvalue weighted by molar-refractivity contribution is 5.82. The number of para-hydroxylation sites is 1. The third-order valence-corrected chi connectivity index (χ3v) is 5.32. The fraction of sp³-hybridized carbons (Fsp3) is 0.318. The number of amides is 1. The maximum absolute atomic E-state index is 12.8. The molecule has 3 aromatic rings. The molecule has 1 N–H and O–H groups in total. The highest BCUT2D eigenvalue weighted by atomic mass is 16.3. The zero-order chi connectivity index (χ0) is 18.1. The zero-order valence-electron chi connectivity index (χ0n) is 15.2. The Labute approximate surface area is 153 Å². The van der Waals surface area contributed by atoms with Crippen LogP contribution in [-0.2, 0) is 17.8 Å². The number of rotatable bonds is 4. The summed E-state index contributed by atoms with van der Waals surface area (Å²) in [5.41, 5.74) is 3.57. The van der Waals surface area contributed by atoms with E-state index in [-0.39, 0.29) is 18.0 Å². The van der Waals surface area contributed by atoms with Crippen molar-refractivity contribution in [2.75, 3.05) is 6.54 Å². The number of nitrogens with one attached hydrogen (secondary N) is 1. The normalized spacial score (nSPS) is 16.8. The second-order valence-corrected chi connectivity index (χ2v) is 7.08. The Morgan fingerprint density at radius 1 is 1.08 bits per heavy atom. The number of furan rings is 1. The minimum absolute atomic E-state index is 0.0392. The maximum atomic E-state index is 12.8. The molecule has 1 aliphatic heterocycles. The lowest BCUT2D eigenvalue weighted by Crippen LogP contribution is -2.47. The monoisotopic (exact) mass is 348 g/mol. The fourth-order valence-corrected chi connectivity index (χ4v) is 3.63. The lowest BCUT2D eigenvalue weighted by atomic mass is 9.98. The highest BCUT2D eigenvalue weighted by Crippen LogP contribution is 2.24. The second kappa shape index (κ2) is 6.96. The molecule has 134 valence electrons. The number of carbonyl (C=O) groups excluding carboxylic acids is 1. The molecule has 0 spiro atoms. The van der Waals surface area contributed by atoms with Crippen LogP contribution in [0.1, 0.15) is 36.8 Å². The molecule has 4 heteroatoms. The van der Waals surface area contributed by atoms with Gasteiger partial charge in [0.2, 0.25) is 5.91 Å². The van der Waals surface area contributed by atoms with Crippen molar-refractivity contribution in [3.05, 3.63) is 71.5 Å². The molecule has 1 amide bonds. The summed E-state index contributed by atoms with van der Waals surface area (Å²) in [5.74, 6) is 0.827. The SMILES string of the molecule is C[C@H](C(=O)N[C@H](C)c1cc2ccccc2o1)N1CCc2ccccc2C1. The number of carbonyl (C=O) groups is 1. The third-order valence-electron chi connectivity index (χ3n) is 5.32. The molecule has 4 rings (SSSR count). The van der Waals surface area contributed by atoms with Crippen molar-refractivity contribution in [3.63, 3.8) is 0 Å². The molecular weight excluding hydrogens is 324 g/mol. The van der Waals surface area contributed by atoms with Gasteiger partial charge in [-0.25, -0.2) is 0 Å². The van der Waals surface area contributed by atoms with Gasteiger partial charge in [-0.2, -0.15) is 0 Å². The van der Waals surface area contributed by atoms with E-state index in [2.05, 4.69) is 34.5 Å². The average Bonchev–Trinajstić information content (AvgIpc) is 3.11. The summed E-state index contributed by atoms with van der Waals surface area (Å²) >= 11 is 0. The summed E-state index contributed by atoms with van der Waals surface area (Å²) in [5, 5.41) is 4.16. The van der Waals surface area contributed by atoms with E-state index in [0.717, 1.165) is 36.2 Å². The van der Waals surface area contributed by atoms with Crippen LogP contribution >= 0.6 is 0 Å². The minimum Gasteiger partial charge on any atom is -0.459 e. The lowest BCUT2D eigenvalue weighted by molar-refractivity contribution is -0.127. The Balaban J connectivity index is 1.42. The summed E-state index contributed by atoms with van der Waals surface area (Å²) in [6.45, 7) is 5.68. The maximum Gasteiger partial charge on any atom is 0.237 e. The van der Waals surface area contributed by atoms with Crippen molar-refractivity contribution in [3.8, 4) is 0 Å². The van der Waals surface area contributed by atoms with E-state index in [4.69, 9.17) is 4.42 Å². The molecular formula is C22H24N2O2. The summed E-state index contributed by atoms with van der Waals surface area (Å²) in [6, 6.07) is 18.1. The summed E-state index contributed by atoms with van der Waals surface area (Å²) in [7, 11) is 0. The molecule has 2 heterocycles. The second-order valence-electron chi connectivity index (χ2n) is 7.08. The van der Waals surface area contributed by atoms with Gasteiger partial charge in [-0.3, -0.25) is 9.69 Å². The van der Waals surface area contributed by atoms with Crippen molar-refractivity contribution < 1.29 is 9.21 Å². The van der Waals surface area contributed by atoms with Crippen LogP contribution in [0.2, 0.25) is 0 Å². The number of hydrogen-bond acceptors (Lipinski definition) is 3. The Morgan fingerprint density at radius 3 is 2.62 bits per heavy atom. The quantitative estimate of drug-likeness (QED) is 0.773. The van der Waals surface area contributed by atoms with E-state index in [1.165, 1.54) is 11.1 Å². The largest absolute Gasteiger partial charge is 0.459 e. The van der Waals surface area contributed by atoms with Crippen molar-refractivity contribution in [1.82, 2.24) is 10.2 Å². The van der Waals surface area contributed by atoms with Crippen molar-refractivity contribution in [2.24, 2.45) is 0 Å². The molecule has 0 saturated heterocycles. The first-order valence-electron chi connectivity index (χ1n) is 9.21. The van der Waals surface area contributed by atoms with Gasteiger partial charge in [0.1, 0.15) is 11.3 Å². The molecule has 2 aromatic carbocycles. The Bertz CT molecular complexity index is 898. The van der Waals surface area contributed by atoms with Gasteiger partial charge in [0.15, 0.2) is 0 Å². The number of fused-ring (bicyclic) bond motifs is 2. The molecule has 4 nitrogen and oxygen atoms in total. The minimum atomic E-state index is -0.171. The number of benzene rings is 2.